The Morgan fingerprint density at radius 2 is 0.789 bits per heavy atom. The molecule has 0 aliphatic heterocycles. The van der Waals surface area contributed by atoms with Crippen molar-refractivity contribution in [3.63, 3.8) is 0 Å². The highest BCUT2D eigenvalue weighted by molar-refractivity contribution is 7.80. The molecule has 4 aromatic heterocycles. The van der Waals surface area contributed by atoms with Crippen LogP contribution in [-0.4, -0.2) is 125 Å². The van der Waals surface area contributed by atoms with E-state index in [1.54, 1.807) is 110 Å². The molecule has 8 aromatic carbocycles. The number of carbonyl (C=O) groups excluding carboxylic acids is 11. The maximum atomic E-state index is 13.0. The Balaban J connectivity index is 0.000000290. The second kappa shape index (κ2) is 49.3. The highest BCUT2D eigenvalue weighted by Crippen LogP contribution is 2.45. The molecular formula is C92H78F9N7O16S4. The number of amides is 1. The Hall–Kier alpha value is -14.5. The number of aromatic nitrogens is 2. The summed E-state index contributed by atoms with van der Waals surface area (Å²) in [5.74, 6) is -1.15. The van der Waals surface area contributed by atoms with E-state index in [1.807, 2.05) is 79.7 Å². The van der Waals surface area contributed by atoms with Gasteiger partial charge in [0.05, 0.1) is 43.6 Å². The Morgan fingerprint density at radius 3 is 1.16 bits per heavy atom. The van der Waals surface area contributed by atoms with Crippen LogP contribution in [0, 0.1) is 6.92 Å². The molecule has 0 atom stereocenters. The van der Waals surface area contributed by atoms with Gasteiger partial charge in [-0.2, -0.15) is 88.1 Å². The summed E-state index contributed by atoms with van der Waals surface area (Å²) in [5, 5.41) is 65.2. The average molecular weight is 1840 g/mol. The number of benzene rings is 8. The summed E-state index contributed by atoms with van der Waals surface area (Å²) < 4.78 is 118. The number of phenolic OH excluding ortho intramolecular Hbond substituents is 1. The number of aryl methyl sites for hydroxylation is 2. The fourth-order valence-electron chi connectivity index (χ4n) is 11.3. The zero-order valence-corrected chi connectivity index (χ0v) is 72.4. The standard InChI is InChI=1S/C23H26N4O3.C22H18F3NO2S.C22H18F3NOS2.C21H16F3NO2S.4CO2/c1-14(24-25-22(30)16-7-6-8-18(28)13-16)19-21(29)20(27(5)26-19)15-9-11-17(12-10-15)23(2,3)4;1-13-6-8-15(9-7-13)19(27)11-26-14(2)18-12-29-21(20(18)28)16-4-3-5-17(10-16)22(23,24)25;1-14(26-12-18(28)10-15-6-3-2-4-7-15)19-13-29-21(20(19)27)16-8-5-9-17(11-16)22(23,24)25;1-13(25-11-18(26)14-6-3-2-4-7-14)17-12-28-20(19(17)27)15-8-5-9-16(10-15)21(22,23)24;4*2-1-3/h6-13,28-29H,1-5H3,(H,25,30);3-10,12,28H,11H2,1-2H3;2-9,11,13,27H,10,12H2,1H3;2-10,12,27H,11H2,1H3;;;;/b24-14+;;;;;;;. The van der Waals surface area contributed by atoms with Gasteiger partial charge in [0.25, 0.3) is 5.91 Å². The number of alkyl halides is 9. The first kappa shape index (κ1) is 104. The molecule has 0 bridgehead atoms. The predicted octanol–water partition coefficient (Wildman–Crippen LogP) is 20.1. The Labute approximate surface area is 743 Å². The number of aromatic hydroxyl groups is 5. The first-order valence-corrected chi connectivity index (χ1v) is 40.2. The van der Waals surface area contributed by atoms with Crippen molar-refractivity contribution in [2.45, 2.75) is 85.8 Å². The number of Topliss-reactive ketones (excluding diaryl/α,β-unsaturated/α-hetero) is 2. The highest BCUT2D eigenvalue weighted by Gasteiger charge is 2.34. The molecule has 0 saturated carbocycles. The lowest BCUT2D eigenvalue weighted by atomic mass is 9.86. The third kappa shape index (κ3) is 31.3. The number of carbonyl (C=O) groups is 3. The summed E-state index contributed by atoms with van der Waals surface area (Å²) in [5.41, 5.74) is 10.6. The molecule has 6 N–H and O–H groups in total. The SMILES string of the molecule is C/C(=N\NC(=O)c1cccc(O)c1)c1nn(C)c(-c2ccc(C(C)(C)C)cc2)c1O.CC(=NCC(=O)c1ccc(C)cc1)c1csc(-c2cccc(C(F)(F)F)c2)c1O.CC(=NCC(=O)c1ccccc1)c1csc(-c2cccc(C(F)(F)F)c2)c1O.CC(=NCC(=S)Cc1ccccc1)c1csc(-c2cccc(C(F)(F)F)c2)c1O.O=C=O.O=C=O.O=C=O.O=C=O. The number of aliphatic imine (C=N–C) groups is 3. The van der Waals surface area contributed by atoms with Crippen molar-refractivity contribution < 1.29 is 118 Å². The minimum atomic E-state index is -4.46. The van der Waals surface area contributed by atoms with Crippen LogP contribution >= 0.6 is 46.2 Å². The lowest BCUT2D eigenvalue weighted by Gasteiger charge is -2.19. The van der Waals surface area contributed by atoms with Gasteiger partial charge in [-0.25, -0.2) is 5.43 Å². The summed E-state index contributed by atoms with van der Waals surface area (Å²) in [4.78, 5) is 116. The second-order valence-corrected chi connectivity index (χ2v) is 30.9. The Bertz CT molecular complexity index is 6040. The normalized spacial score (nSPS) is 11.3. The summed E-state index contributed by atoms with van der Waals surface area (Å²) in [7, 11) is 1.74. The number of thiocarbonyl (C=S) groups is 1. The van der Waals surface area contributed by atoms with Crippen LogP contribution in [0.25, 0.3) is 42.6 Å². The molecule has 0 aliphatic rings. The van der Waals surface area contributed by atoms with E-state index in [9.17, 15) is 79.4 Å². The van der Waals surface area contributed by atoms with E-state index >= 15 is 0 Å². The van der Waals surface area contributed by atoms with E-state index in [0.29, 0.717) is 89.5 Å². The van der Waals surface area contributed by atoms with Crippen molar-refractivity contribution in [1.29, 1.82) is 0 Å². The van der Waals surface area contributed by atoms with Gasteiger partial charge >= 0.3 is 43.1 Å². The minimum absolute atomic E-state index is 0.00568. The predicted molar refractivity (Wildman–Crippen MR) is 466 cm³/mol. The molecule has 1 amide bonds. The number of hydrogen-bond donors (Lipinski definition) is 6. The minimum Gasteiger partial charge on any atom is -0.508 e. The average Bonchev–Trinajstić information content (AvgIpc) is 1.64. The second-order valence-electron chi connectivity index (χ2n) is 27.7. The number of phenols is 1. The topological polar surface area (TPSA) is 368 Å². The van der Waals surface area contributed by atoms with Gasteiger partial charge in [0, 0.05) is 90.6 Å². The molecular weight excluding hydrogens is 1760 g/mol. The third-order valence-electron chi connectivity index (χ3n) is 17.8. The number of ketones is 2. The number of thiophene rings is 3. The van der Waals surface area contributed by atoms with Gasteiger partial charge in [0.2, 0.25) is 0 Å². The maximum Gasteiger partial charge on any atom is 0.416 e. The quantitative estimate of drug-likeness (QED) is 0.0136. The summed E-state index contributed by atoms with van der Waals surface area (Å²) in [6.07, 6.45) is -11.7. The zero-order chi connectivity index (χ0) is 95.4. The van der Waals surface area contributed by atoms with Gasteiger partial charge in [-0.1, -0.05) is 190 Å². The molecule has 12 aromatic rings. The van der Waals surface area contributed by atoms with E-state index in [1.165, 1.54) is 59.4 Å². The van der Waals surface area contributed by atoms with Gasteiger partial charge < -0.3 is 25.5 Å². The van der Waals surface area contributed by atoms with Crippen LogP contribution in [0.2, 0.25) is 0 Å². The van der Waals surface area contributed by atoms with Gasteiger partial charge in [-0.05, 0) is 122 Å². The molecule has 12 rings (SSSR count). The van der Waals surface area contributed by atoms with Crippen LogP contribution in [0.3, 0.4) is 0 Å². The first-order valence-electron chi connectivity index (χ1n) is 37.1. The van der Waals surface area contributed by atoms with E-state index in [-0.39, 0.29) is 106 Å². The molecule has 0 unspecified atom stereocenters. The monoisotopic (exact) mass is 1840 g/mol. The van der Waals surface area contributed by atoms with Crippen LogP contribution in [-0.2, 0) is 75.8 Å². The van der Waals surface area contributed by atoms with E-state index in [2.05, 4.69) is 51.4 Å². The highest BCUT2D eigenvalue weighted by atomic mass is 32.1. The number of nitrogens with one attached hydrogen (secondary N) is 1. The van der Waals surface area contributed by atoms with Crippen LogP contribution in [0.15, 0.2) is 242 Å². The van der Waals surface area contributed by atoms with E-state index < -0.39 is 41.1 Å². The van der Waals surface area contributed by atoms with Crippen LogP contribution in [0.5, 0.6) is 28.7 Å². The summed E-state index contributed by atoms with van der Waals surface area (Å²) in [6, 6.07) is 54.2. The van der Waals surface area contributed by atoms with Gasteiger partial charge in [-0.3, -0.25) is 34.0 Å². The zero-order valence-electron chi connectivity index (χ0n) is 69.1. The van der Waals surface area contributed by atoms with Crippen molar-refractivity contribution in [1.82, 2.24) is 15.2 Å². The van der Waals surface area contributed by atoms with Crippen molar-refractivity contribution in [2.24, 2.45) is 27.1 Å². The molecule has 36 heteroatoms. The van der Waals surface area contributed by atoms with Gasteiger partial charge in [0.15, 0.2) is 23.0 Å². The van der Waals surface area contributed by atoms with Crippen LogP contribution < -0.4 is 5.43 Å². The summed E-state index contributed by atoms with van der Waals surface area (Å²) in [6.45, 7) is 15.2. The molecule has 664 valence electrons. The molecule has 0 radical (unpaired) electrons. The Kier molecular flexibility index (Phi) is 40.1. The van der Waals surface area contributed by atoms with Crippen molar-refractivity contribution >= 4 is 116 Å². The molecule has 0 aliphatic carbocycles. The van der Waals surface area contributed by atoms with Crippen LogP contribution in [0.4, 0.5) is 39.5 Å². The molecule has 0 fully saturated rings. The fourth-order valence-corrected chi connectivity index (χ4v) is 14.6. The smallest absolute Gasteiger partial charge is 0.416 e. The number of hydrogen-bond acceptors (Lipinski definition) is 25. The van der Waals surface area contributed by atoms with E-state index in [4.69, 9.17) is 50.6 Å². The summed E-state index contributed by atoms with van der Waals surface area (Å²) >= 11 is 8.83. The van der Waals surface area contributed by atoms with Gasteiger partial charge in [0.1, 0.15) is 41.8 Å². The number of halogens is 9. The fraction of sp³-hybridized carbons (Fsp3) is 0.185. The molecule has 4 heterocycles. The van der Waals surface area contributed by atoms with Crippen molar-refractivity contribution in [3.05, 3.63) is 295 Å². The lowest BCUT2D eigenvalue weighted by Crippen LogP contribution is -2.19. The maximum absolute atomic E-state index is 13.0. The van der Waals surface area contributed by atoms with Crippen molar-refractivity contribution in [3.8, 4) is 71.3 Å². The number of hydrazone groups is 1. The largest absolute Gasteiger partial charge is 0.508 e. The number of rotatable bonds is 20. The Morgan fingerprint density at radius 1 is 0.430 bits per heavy atom. The van der Waals surface area contributed by atoms with E-state index in [0.717, 1.165) is 80.6 Å². The molecule has 0 saturated heterocycles. The van der Waals surface area contributed by atoms with Crippen LogP contribution in [0.1, 0.15) is 135 Å². The lowest BCUT2D eigenvalue weighted by molar-refractivity contribution is -0.193. The molecule has 0 spiro atoms. The molecule has 23 nitrogen and oxygen atoms in total. The van der Waals surface area contributed by atoms with Gasteiger partial charge in [-0.15, -0.1) is 34.0 Å². The molecule has 128 heavy (non-hydrogen) atoms. The third-order valence-corrected chi connectivity index (χ3v) is 21.1. The van der Waals surface area contributed by atoms with Crippen molar-refractivity contribution in [2.75, 3.05) is 19.6 Å². The first-order chi connectivity index (χ1) is 60.4. The number of nitrogens with zero attached hydrogens (tertiary/aromatic N) is 6.